The van der Waals surface area contributed by atoms with Gasteiger partial charge < -0.3 is 10.0 Å². The first-order valence-corrected chi connectivity index (χ1v) is 9.90. The first-order valence-electron chi connectivity index (χ1n) is 8.68. The Labute approximate surface area is 168 Å². The lowest BCUT2D eigenvalue weighted by Crippen LogP contribution is -2.15. The highest BCUT2D eigenvalue weighted by molar-refractivity contribution is 8.23. The van der Waals surface area contributed by atoms with Gasteiger partial charge in [-0.25, -0.2) is 0 Å². The molecule has 0 saturated heterocycles. The predicted molar refractivity (Wildman–Crippen MR) is 121 cm³/mol. The van der Waals surface area contributed by atoms with Crippen LogP contribution >= 0.6 is 24.0 Å². The summed E-state index contributed by atoms with van der Waals surface area (Å²) in [6.45, 7) is 0. The number of hydrogen-bond donors (Lipinski definition) is 1. The molecular weight excluding hydrogens is 370 g/mol. The van der Waals surface area contributed by atoms with Gasteiger partial charge in [0.05, 0.1) is 0 Å². The minimum atomic E-state index is 0.280. The number of thioether (sulfide) groups is 1. The molecule has 0 radical (unpaired) electrons. The third-order valence-electron chi connectivity index (χ3n) is 4.61. The molecule has 4 rings (SSSR count). The molecule has 0 spiro atoms. The molecular formula is C23H19NOS2. The quantitative estimate of drug-likeness (QED) is 0.321. The fourth-order valence-electron chi connectivity index (χ4n) is 3.30. The van der Waals surface area contributed by atoms with Crippen LogP contribution in [0.25, 0.3) is 32.7 Å². The van der Waals surface area contributed by atoms with Gasteiger partial charge in [0.15, 0.2) is 0 Å². The molecule has 0 aliphatic carbocycles. The minimum absolute atomic E-state index is 0.280. The topological polar surface area (TPSA) is 23.5 Å². The number of phenols is 1. The number of benzene rings is 4. The first-order chi connectivity index (χ1) is 13.1. The fourth-order valence-corrected chi connectivity index (χ4v) is 4.39. The molecule has 134 valence electrons. The van der Waals surface area contributed by atoms with Crippen LogP contribution in [0.2, 0.25) is 0 Å². The van der Waals surface area contributed by atoms with Crippen LogP contribution in [0.4, 0.5) is 0 Å². The van der Waals surface area contributed by atoms with Crippen LogP contribution < -0.4 is 0 Å². The van der Waals surface area contributed by atoms with E-state index in [1.165, 1.54) is 0 Å². The van der Waals surface area contributed by atoms with E-state index in [1.807, 2.05) is 49.3 Å². The van der Waals surface area contributed by atoms with Crippen molar-refractivity contribution in [1.82, 2.24) is 4.90 Å². The highest BCUT2D eigenvalue weighted by Crippen LogP contribution is 2.45. The summed E-state index contributed by atoms with van der Waals surface area (Å²) in [5, 5.41) is 15.2. The standard InChI is InChI=1S/C23H19NOS2/c1-24(2)23(26)27-20-14-12-16-8-4-6-10-18(16)22(20)21-17-9-5-3-7-15(17)11-13-19(21)25/h3-14,25H,1-2H3. The molecule has 27 heavy (non-hydrogen) atoms. The Balaban J connectivity index is 2.09. The predicted octanol–water partition coefficient (Wildman–Crippen LogP) is 6.30. The van der Waals surface area contributed by atoms with E-state index in [4.69, 9.17) is 12.2 Å². The zero-order chi connectivity index (χ0) is 19.0. The Hall–Kier alpha value is -2.56. The summed E-state index contributed by atoms with van der Waals surface area (Å²) in [4.78, 5) is 2.97. The largest absolute Gasteiger partial charge is 0.507 e. The second kappa shape index (κ2) is 7.22. The van der Waals surface area contributed by atoms with Gasteiger partial charge in [-0.3, -0.25) is 0 Å². The normalized spacial score (nSPS) is 11.0. The van der Waals surface area contributed by atoms with E-state index in [2.05, 4.69) is 36.4 Å². The van der Waals surface area contributed by atoms with Crippen LogP contribution in [0.1, 0.15) is 0 Å². The molecule has 4 heteroatoms. The van der Waals surface area contributed by atoms with Crippen molar-refractivity contribution < 1.29 is 5.11 Å². The van der Waals surface area contributed by atoms with Crippen LogP contribution in [0, 0.1) is 0 Å². The van der Waals surface area contributed by atoms with Crippen LogP contribution in [0.15, 0.2) is 77.7 Å². The van der Waals surface area contributed by atoms with E-state index in [-0.39, 0.29) is 5.75 Å². The van der Waals surface area contributed by atoms with Crippen LogP contribution in [0.5, 0.6) is 5.75 Å². The van der Waals surface area contributed by atoms with Gasteiger partial charge in [0.1, 0.15) is 10.1 Å². The van der Waals surface area contributed by atoms with Gasteiger partial charge in [-0.05, 0) is 33.7 Å². The molecule has 0 amide bonds. The Morgan fingerprint density at radius 3 is 1.96 bits per heavy atom. The number of nitrogens with zero attached hydrogens (tertiary/aromatic N) is 1. The lowest BCUT2D eigenvalue weighted by molar-refractivity contribution is 0.478. The van der Waals surface area contributed by atoms with Crippen molar-refractivity contribution in [1.29, 1.82) is 0 Å². The lowest BCUT2D eigenvalue weighted by Gasteiger charge is -2.19. The SMILES string of the molecule is CN(C)C(=S)Sc1ccc2ccccc2c1-c1c(O)ccc2ccccc12. The van der Waals surface area contributed by atoms with Crippen LogP contribution in [0.3, 0.4) is 0 Å². The van der Waals surface area contributed by atoms with Crippen molar-refractivity contribution in [2.45, 2.75) is 4.90 Å². The maximum atomic E-state index is 10.8. The number of phenolic OH excluding ortho intramolecular Hbond substituents is 1. The summed E-state index contributed by atoms with van der Waals surface area (Å²) in [5.74, 6) is 0.280. The second-order valence-corrected chi connectivity index (χ2v) is 8.28. The van der Waals surface area contributed by atoms with E-state index in [0.717, 1.165) is 41.9 Å². The molecule has 0 unspecified atom stereocenters. The lowest BCUT2D eigenvalue weighted by atomic mass is 9.93. The molecule has 4 aromatic carbocycles. The summed E-state index contributed by atoms with van der Waals surface area (Å²) in [7, 11) is 3.90. The van der Waals surface area contributed by atoms with Gasteiger partial charge >= 0.3 is 0 Å². The van der Waals surface area contributed by atoms with Crippen molar-refractivity contribution in [3.05, 3.63) is 72.8 Å². The fraction of sp³-hybridized carbons (Fsp3) is 0.0870. The van der Waals surface area contributed by atoms with E-state index in [0.29, 0.717) is 0 Å². The number of rotatable bonds is 2. The molecule has 0 heterocycles. The zero-order valence-electron chi connectivity index (χ0n) is 15.1. The number of thiocarbonyl (C=S) groups is 1. The molecule has 0 aromatic heterocycles. The number of hydrogen-bond acceptors (Lipinski definition) is 3. The summed E-state index contributed by atoms with van der Waals surface area (Å²) < 4.78 is 0.784. The molecule has 0 aliphatic heterocycles. The van der Waals surface area contributed by atoms with Crippen molar-refractivity contribution >= 4 is 49.8 Å². The maximum Gasteiger partial charge on any atom is 0.140 e. The molecule has 2 nitrogen and oxygen atoms in total. The molecule has 0 saturated carbocycles. The highest BCUT2D eigenvalue weighted by Gasteiger charge is 2.18. The third kappa shape index (κ3) is 3.27. The van der Waals surface area contributed by atoms with Gasteiger partial charge in [-0.2, -0.15) is 0 Å². The van der Waals surface area contributed by atoms with Gasteiger partial charge in [-0.15, -0.1) is 0 Å². The summed E-state index contributed by atoms with van der Waals surface area (Å²) in [6.07, 6.45) is 0. The first kappa shape index (κ1) is 17.8. The Bertz CT molecular complexity index is 1170. The molecule has 1 N–H and O–H groups in total. The monoisotopic (exact) mass is 389 g/mol. The smallest absolute Gasteiger partial charge is 0.140 e. The average molecular weight is 390 g/mol. The number of fused-ring (bicyclic) bond motifs is 2. The van der Waals surface area contributed by atoms with Gasteiger partial charge in [0.2, 0.25) is 0 Å². The molecule has 0 bridgehead atoms. The molecule has 4 aromatic rings. The Morgan fingerprint density at radius 1 is 0.778 bits per heavy atom. The van der Waals surface area contributed by atoms with Gasteiger partial charge in [-0.1, -0.05) is 84.6 Å². The number of aromatic hydroxyl groups is 1. The van der Waals surface area contributed by atoms with Crippen molar-refractivity contribution in [3.63, 3.8) is 0 Å². The molecule has 0 fully saturated rings. The van der Waals surface area contributed by atoms with Crippen LogP contribution in [-0.4, -0.2) is 28.4 Å². The Kier molecular flexibility index (Phi) is 4.77. The Morgan fingerprint density at radius 2 is 1.33 bits per heavy atom. The maximum absolute atomic E-state index is 10.8. The minimum Gasteiger partial charge on any atom is -0.507 e. The molecule has 0 atom stereocenters. The highest BCUT2D eigenvalue weighted by atomic mass is 32.2. The van der Waals surface area contributed by atoms with E-state index in [1.54, 1.807) is 17.8 Å². The summed E-state index contributed by atoms with van der Waals surface area (Å²) in [6, 6.07) is 24.4. The van der Waals surface area contributed by atoms with Gasteiger partial charge in [0, 0.05) is 30.1 Å². The average Bonchev–Trinajstić information content (AvgIpc) is 2.68. The summed E-state index contributed by atoms with van der Waals surface area (Å²) >= 11 is 7.10. The van der Waals surface area contributed by atoms with Crippen molar-refractivity contribution in [3.8, 4) is 16.9 Å². The van der Waals surface area contributed by atoms with Crippen molar-refractivity contribution in [2.75, 3.05) is 14.1 Å². The van der Waals surface area contributed by atoms with E-state index in [9.17, 15) is 5.11 Å². The van der Waals surface area contributed by atoms with Crippen molar-refractivity contribution in [2.24, 2.45) is 0 Å². The second-order valence-electron chi connectivity index (χ2n) is 6.60. The molecule has 0 aliphatic rings. The van der Waals surface area contributed by atoms with Crippen LogP contribution in [-0.2, 0) is 0 Å². The summed E-state index contributed by atoms with van der Waals surface area (Å²) in [5.41, 5.74) is 1.88. The van der Waals surface area contributed by atoms with E-state index >= 15 is 0 Å². The van der Waals surface area contributed by atoms with E-state index < -0.39 is 0 Å². The third-order valence-corrected chi connectivity index (χ3v) is 6.33. The van der Waals surface area contributed by atoms with Gasteiger partial charge in [0.25, 0.3) is 0 Å². The zero-order valence-corrected chi connectivity index (χ0v) is 16.8.